The number of hydrogen-bond donors (Lipinski definition) is 2. The first-order chi connectivity index (χ1) is 11.6. The van der Waals surface area contributed by atoms with Gasteiger partial charge in [0, 0.05) is 12.0 Å². The molecule has 0 aromatic rings. The van der Waals surface area contributed by atoms with Crippen molar-refractivity contribution < 1.29 is 24.5 Å². The molecule has 0 amide bonds. The predicted molar refractivity (Wildman–Crippen MR) is 94.0 cm³/mol. The Morgan fingerprint density at radius 1 is 1.12 bits per heavy atom. The zero-order valence-electron chi connectivity index (χ0n) is 15.9. The highest BCUT2D eigenvalue weighted by Gasteiger charge is 2.43. The summed E-state index contributed by atoms with van der Waals surface area (Å²) < 4.78 is 11.8. The van der Waals surface area contributed by atoms with Crippen LogP contribution in [0.15, 0.2) is 11.1 Å². The zero-order valence-corrected chi connectivity index (χ0v) is 15.9. The average Bonchev–Trinajstić information content (AvgIpc) is 2.76. The van der Waals surface area contributed by atoms with Crippen LogP contribution in [0.3, 0.4) is 0 Å². The maximum atomic E-state index is 12.0. The molecule has 0 saturated carbocycles. The van der Waals surface area contributed by atoms with Crippen LogP contribution < -0.4 is 0 Å². The van der Waals surface area contributed by atoms with Gasteiger partial charge in [-0.15, -0.1) is 0 Å². The van der Waals surface area contributed by atoms with Crippen LogP contribution in [0, 0.1) is 5.92 Å². The molecule has 0 unspecified atom stereocenters. The van der Waals surface area contributed by atoms with E-state index < -0.39 is 11.2 Å². The van der Waals surface area contributed by atoms with Gasteiger partial charge in [-0.25, -0.2) is 4.79 Å². The molecular weight excluding hydrogens is 320 g/mol. The van der Waals surface area contributed by atoms with E-state index in [1.807, 2.05) is 13.8 Å². The van der Waals surface area contributed by atoms with Crippen molar-refractivity contribution in [1.82, 2.24) is 0 Å². The highest BCUT2D eigenvalue weighted by molar-refractivity contribution is 5.91. The quantitative estimate of drug-likeness (QED) is 0.656. The van der Waals surface area contributed by atoms with Crippen molar-refractivity contribution >= 4 is 5.97 Å². The molecule has 2 saturated heterocycles. The summed E-state index contributed by atoms with van der Waals surface area (Å²) in [6.45, 7) is 7.64. The standard InChI is InChI=1S/C20H32O5/c1-12-5-6-14-13(2)18(21)25-16(14)11-19(3,22)9-8-17-20(4,23)10-7-15(12)24-17/h12,15-17,22-23H,5-11H2,1-4H3/t12-,15-,16-,17+,19+,20-/m0/s1. The predicted octanol–water partition coefficient (Wildman–Crippen LogP) is 2.88. The zero-order chi connectivity index (χ0) is 18.4. The maximum absolute atomic E-state index is 12.0. The fourth-order valence-electron chi connectivity index (χ4n) is 4.51. The molecule has 3 aliphatic rings. The maximum Gasteiger partial charge on any atom is 0.334 e. The topological polar surface area (TPSA) is 76.0 Å². The Bertz CT molecular complexity index is 562. The van der Waals surface area contributed by atoms with Gasteiger partial charge in [-0.3, -0.25) is 0 Å². The molecule has 2 fully saturated rings. The molecule has 25 heavy (non-hydrogen) atoms. The van der Waals surface area contributed by atoms with Crippen LogP contribution in [-0.4, -0.2) is 45.7 Å². The van der Waals surface area contributed by atoms with Gasteiger partial charge in [0.05, 0.1) is 23.4 Å². The third kappa shape index (κ3) is 3.93. The van der Waals surface area contributed by atoms with Gasteiger partial charge >= 0.3 is 5.97 Å². The normalized spacial score (nSPS) is 46.1. The van der Waals surface area contributed by atoms with Gasteiger partial charge in [-0.1, -0.05) is 6.92 Å². The molecule has 3 heterocycles. The van der Waals surface area contributed by atoms with Crippen LogP contribution in [0.1, 0.15) is 72.6 Å². The van der Waals surface area contributed by atoms with Gasteiger partial charge in [-0.05, 0) is 70.8 Å². The Balaban J connectivity index is 1.85. The van der Waals surface area contributed by atoms with E-state index in [2.05, 4.69) is 6.92 Å². The van der Waals surface area contributed by atoms with Gasteiger partial charge in [0.2, 0.25) is 0 Å². The molecule has 3 aliphatic heterocycles. The molecule has 0 aromatic carbocycles. The van der Waals surface area contributed by atoms with Crippen molar-refractivity contribution in [3.05, 3.63) is 11.1 Å². The Morgan fingerprint density at radius 3 is 2.56 bits per heavy atom. The minimum atomic E-state index is -0.960. The summed E-state index contributed by atoms with van der Waals surface area (Å²) in [6.07, 6.45) is 4.32. The summed E-state index contributed by atoms with van der Waals surface area (Å²) >= 11 is 0. The number of fused-ring (bicyclic) bond motifs is 3. The van der Waals surface area contributed by atoms with Gasteiger partial charge in [-0.2, -0.15) is 0 Å². The Kier molecular flexibility index (Phi) is 5.04. The van der Waals surface area contributed by atoms with Crippen LogP contribution in [0.2, 0.25) is 0 Å². The number of aliphatic hydroxyl groups is 2. The lowest BCUT2D eigenvalue weighted by Gasteiger charge is -2.44. The first-order valence-corrected chi connectivity index (χ1v) is 9.60. The fourth-order valence-corrected chi connectivity index (χ4v) is 4.51. The summed E-state index contributed by atoms with van der Waals surface area (Å²) in [6, 6.07) is 0. The summed E-state index contributed by atoms with van der Waals surface area (Å²) in [5, 5.41) is 21.5. The first-order valence-electron chi connectivity index (χ1n) is 9.60. The van der Waals surface area contributed by atoms with Gasteiger partial charge < -0.3 is 19.7 Å². The molecule has 5 heteroatoms. The highest BCUT2D eigenvalue weighted by atomic mass is 16.5. The van der Waals surface area contributed by atoms with E-state index in [9.17, 15) is 15.0 Å². The SMILES string of the molecule is CC1=C2CC[C@H](C)[C@@H]3CC[C@](C)(O)[C@@H](CC[C@@](C)(O)C[C@@H]2OC1=O)O3. The van der Waals surface area contributed by atoms with Gasteiger partial charge in [0.25, 0.3) is 0 Å². The first kappa shape index (κ1) is 18.9. The average molecular weight is 352 g/mol. The Morgan fingerprint density at radius 2 is 1.84 bits per heavy atom. The van der Waals surface area contributed by atoms with Crippen molar-refractivity contribution in [2.75, 3.05) is 0 Å². The molecule has 0 radical (unpaired) electrons. The lowest BCUT2D eigenvalue weighted by molar-refractivity contribution is -0.186. The number of carbonyl (C=O) groups excluding carboxylic acids is 1. The number of rotatable bonds is 0. The minimum Gasteiger partial charge on any atom is -0.454 e. The van der Waals surface area contributed by atoms with E-state index in [0.29, 0.717) is 30.8 Å². The smallest absolute Gasteiger partial charge is 0.334 e. The Hall–Kier alpha value is -0.910. The second-order valence-corrected chi connectivity index (χ2v) is 8.86. The number of hydrogen-bond acceptors (Lipinski definition) is 5. The van der Waals surface area contributed by atoms with Gasteiger partial charge in [0.1, 0.15) is 6.10 Å². The molecule has 2 bridgehead atoms. The van der Waals surface area contributed by atoms with Crippen LogP contribution in [0.4, 0.5) is 0 Å². The highest BCUT2D eigenvalue weighted by Crippen LogP contribution is 2.40. The number of carbonyl (C=O) groups is 1. The van der Waals surface area contributed by atoms with E-state index in [-0.39, 0.29) is 24.3 Å². The molecule has 0 aliphatic carbocycles. The molecule has 0 spiro atoms. The van der Waals surface area contributed by atoms with Gasteiger partial charge in [0.15, 0.2) is 0 Å². The number of esters is 1. The second-order valence-electron chi connectivity index (χ2n) is 8.86. The van der Waals surface area contributed by atoms with Crippen LogP contribution in [0.25, 0.3) is 0 Å². The van der Waals surface area contributed by atoms with E-state index in [0.717, 1.165) is 31.3 Å². The van der Waals surface area contributed by atoms with Crippen LogP contribution >= 0.6 is 0 Å². The Labute approximate surface area is 150 Å². The summed E-state index contributed by atoms with van der Waals surface area (Å²) in [5.41, 5.74) is -0.0666. The van der Waals surface area contributed by atoms with E-state index in [4.69, 9.17) is 9.47 Å². The lowest BCUT2D eigenvalue weighted by atomic mass is 9.78. The fraction of sp³-hybridized carbons (Fsp3) is 0.850. The van der Waals surface area contributed by atoms with Crippen molar-refractivity contribution in [3.63, 3.8) is 0 Å². The van der Waals surface area contributed by atoms with E-state index in [1.165, 1.54) is 0 Å². The summed E-state index contributed by atoms with van der Waals surface area (Å²) in [5.74, 6) is 0.103. The summed E-state index contributed by atoms with van der Waals surface area (Å²) in [7, 11) is 0. The lowest BCUT2D eigenvalue weighted by Crippen LogP contribution is -2.50. The second kappa shape index (κ2) is 6.67. The molecule has 5 nitrogen and oxygen atoms in total. The van der Waals surface area contributed by atoms with Crippen molar-refractivity contribution in [1.29, 1.82) is 0 Å². The molecular formula is C20H32O5. The number of ether oxygens (including phenoxy) is 2. The summed E-state index contributed by atoms with van der Waals surface area (Å²) in [4.78, 5) is 12.0. The minimum absolute atomic E-state index is 0.118. The molecule has 0 aromatic heterocycles. The van der Waals surface area contributed by atoms with E-state index >= 15 is 0 Å². The van der Waals surface area contributed by atoms with Crippen molar-refractivity contribution in [2.45, 2.75) is 102 Å². The van der Waals surface area contributed by atoms with Crippen molar-refractivity contribution in [2.24, 2.45) is 5.92 Å². The largest absolute Gasteiger partial charge is 0.454 e. The van der Waals surface area contributed by atoms with E-state index in [1.54, 1.807) is 6.92 Å². The molecule has 3 rings (SSSR count). The molecule has 142 valence electrons. The monoisotopic (exact) mass is 352 g/mol. The van der Waals surface area contributed by atoms with Crippen LogP contribution in [0.5, 0.6) is 0 Å². The van der Waals surface area contributed by atoms with Crippen LogP contribution in [-0.2, 0) is 14.3 Å². The molecule has 2 N–H and O–H groups in total. The van der Waals surface area contributed by atoms with Crippen molar-refractivity contribution in [3.8, 4) is 0 Å². The third-order valence-electron chi connectivity index (χ3n) is 6.47. The third-order valence-corrected chi connectivity index (χ3v) is 6.47. The molecule has 6 atom stereocenters.